The first-order valence-electron chi connectivity index (χ1n) is 7.01. The van der Waals surface area contributed by atoms with Crippen molar-refractivity contribution < 1.29 is 4.79 Å². The molecule has 1 atom stereocenters. The molecule has 0 saturated heterocycles. The zero-order valence-corrected chi connectivity index (χ0v) is 11.1. The summed E-state index contributed by atoms with van der Waals surface area (Å²) in [4.78, 5) is 14.6. The SMILES string of the molecule is O=C(c1ccccc1)N1CC2CC=Cc3cccc1c32. The number of hydrogen-bond acceptors (Lipinski definition) is 1. The van der Waals surface area contributed by atoms with Gasteiger partial charge in [-0.3, -0.25) is 4.79 Å². The third-order valence-electron chi connectivity index (χ3n) is 4.20. The van der Waals surface area contributed by atoms with E-state index in [4.69, 9.17) is 0 Å². The van der Waals surface area contributed by atoms with Gasteiger partial charge in [-0.05, 0) is 35.7 Å². The van der Waals surface area contributed by atoms with Crippen molar-refractivity contribution >= 4 is 17.7 Å². The maximum Gasteiger partial charge on any atom is 0.258 e. The molecule has 2 heteroatoms. The minimum Gasteiger partial charge on any atom is -0.307 e. The van der Waals surface area contributed by atoms with Crippen molar-refractivity contribution in [1.82, 2.24) is 0 Å². The largest absolute Gasteiger partial charge is 0.307 e. The Balaban J connectivity index is 1.78. The minimum absolute atomic E-state index is 0.105. The first kappa shape index (κ1) is 11.5. The summed E-state index contributed by atoms with van der Waals surface area (Å²) < 4.78 is 0. The van der Waals surface area contributed by atoms with Crippen LogP contribution < -0.4 is 4.90 Å². The number of amides is 1. The van der Waals surface area contributed by atoms with Gasteiger partial charge < -0.3 is 4.90 Å². The van der Waals surface area contributed by atoms with Crippen LogP contribution in [0, 0.1) is 0 Å². The highest BCUT2D eigenvalue weighted by Crippen LogP contribution is 2.43. The summed E-state index contributed by atoms with van der Waals surface area (Å²) in [7, 11) is 0. The van der Waals surface area contributed by atoms with E-state index in [0.29, 0.717) is 5.92 Å². The number of carbonyl (C=O) groups excluding carboxylic acids is 1. The Labute approximate surface area is 118 Å². The predicted octanol–water partition coefficient (Wildman–Crippen LogP) is 3.85. The van der Waals surface area contributed by atoms with Crippen molar-refractivity contribution in [1.29, 1.82) is 0 Å². The second-order valence-corrected chi connectivity index (χ2v) is 5.40. The van der Waals surface area contributed by atoms with Gasteiger partial charge in [-0.25, -0.2) is 0 Å². The Morgan fingerprint density at radius 3 is 2.75 bits per heavy atom. The van der Waals surface area contributed by atoms with Crippen molar-refractivity contribution in [2.75, 3.05) is 11.4 Å². The van der Waals surface area contributed by atoms with Crippen LogP contribution in [-0.4, -0.2) is 12.5 Å². The lowest BCUT2D eigenvalue weighted by atomic mass is 9.89. The van der Waals surface area contributed by atoms with Crippen molar-refractivity contribution in [3.63, 3.8) is 0 Å². The highest BCUT2D eigenvalue weighted by atomic mass is 16.2. The lowest BCUT2D eigenvalue weighted by Gasteiger charge is -2.17. The molecule has 98 valence electrons. The number of anilines is 1. The van der Waals surface area contributed by atoms with E-state index in [1.807, 2.05) is 41.3 Å². The van der Waals surface area contributed by atoms with Crippen LogP contribution >= 0.6 is 0 Å². The van der Waals surface area contributed by atoms with Crippen LogP contribution in [0.5, 0.6) is 0 Å². The van der Waals surface area contributed by atoms with Crippen LogP contribution in [0.1, 0.15) is 33.8 Å². The third kappa shape index (κ3) is 1.61. The van der Waals surface area contributed by atoms with E-state index in [-0.39, 0.29) is 5.91 Å². The summed E-state index contributed by atoms with van der Waals surface area (Å²) in [5.74, 6) is 0.562. The van der Waals surface area contributed by atoms with E-state index in [1.165, 1.54) is 11.1 Å². The fourth-order valence-electron chi connectivity index (χ4n) is 3.29. The number of hydrogen-bond donors (Lipinski definition) is 0. The Bertz CT molecular complexity index is 703. The molecule has 0 aromatic heterocycles. The second kappa shape index (κ2) is 4.34. The molecule has 0 fully saturated rings. The lowest BCUT2D eigenvalue weighted by Crippen LogP contribution is -2.29. The van der Waals surface area contributed by atoms with Crippen molar-refractivity contribution in [2.24, 2.45) is 0 Å². The number of rotatable bonds is 1. The van der Waals surface area contributed by atoms with Crippen molar-refractivity contribution in [2.45, 2.75) is 12.3 Å². The third-order valence-corrected chi connectivity index (χ3v) is 4.20. The molecule has 2 aliphatic rings. The molecule has 0 saturated carbocycles. The molecule has 1 heterocycles. The maximum absolute atomic E-state index is 12.7. The second-order valence-electron chi connectivity index (χ2n) is 5.40. The summed E-state index contributed by atoms with van der Waals surface area (Å²) in [6.45, 7) is 0.796. The van der Waals surface area contributed by atoms with E-state index in [9.17, 15) is 4.79 Å². The molecule has 0 N–H and O–H groups in total. The van der Waals surface area contributed by atoms with Gasteiger partial charge in [-0.15, -0.1) is 0 Å². The quantitative estimate of drug-likeness (QED) is 0.763. The van der Waals surface area contributed by atoms with Gasteiger partial charge >= 0.3 is 0 Å². The summed E-state index contributed by atoms with van der Waals surface area (Å²) in [5, 5.41) is 0. The first-order valence-corrected chi connectivity index (χ1v) is 7.01. The summed E-state index contributed by atoms with van der Waals surface area (Å²) in [6.07, 6.45) is 5.42. The molecule has 1 amide bonds. The molecule has 0 bridgehead atoms. The monoisotopic (exact) mass is 261 g/mol. The molecule has 1 aliphatic carbocycles. The molecule has 0 radical (unpaired) electrons. The summed E-state index contributed by atoms with van der Waals surface area (Å²) in [5.41, 5.74) is 4.46. The molecule has 1 unspecified atom stereocenters. The van der Waals surface area contributed by atoms with E-state index in [2.05, 4.69) is 24.3 Å². The fraction of sp³-hybridized carbons (Fsp3) is 0.167. The number of allylic oxidation sites excluding steroid dienone is 1. The Kier molecular flexibility index (Phi) is 2.49. The number of carbonyl (C=O) groups is 1. The normalized spacial score (nSPS) is 19.0. The van der Waals surface area contributed by atoms with Gasteiger partial charge in [0.1, 0.15) is 0 Å². The molecule has 2 nitrogen and oxygen atoms in total. The molecular formula is C18H15NO. The smallest absolute Gasteiger partial charge is 0.258 e. The predicted molar refractivity (Wildman–Crippen MR) is 81.0 cm³/mol. The molecule has 20 heavy (non-hydrogen) atoms. The average Bonchev–Trinajstić information content (AvgIpc) is 2.89. The Morgan fingerprint density at radius 1 is 1.05 bits per heavy atom. The molecule has 0 spiro atoms. The van der Waals surface area contributed by atoms with Crippen LogP contribution in [0.2, 0.25) is 0 Å². The molecule has 4 rings (SSSR count). The zero-order valence-electron chi connectivity index (χ0n) is 11.1. The van der Waals surface area contributed by atoms with E-state index in [1.54, 1.807) is 0 Å². The highest BCUT2D eigenvalue weighted by Gasteiger charge is 2.34. The summed E-state index contributed by atoms with van der Waals surface area (Å²) >= 11 is 0. The van der Waals surface area contributed by atoms with Gasteiger partial charge in [0.2, 0.25) is 0 Å². The average molecular weight is 261 g/mol. The van der Waals surface area contributed by atoms with E-state index < -0.39 is 0 Å². The minimum atomic E-state index is 0.105. The lowest BCUT2D eigenvalue weighted by molar-refractivity contribution is 0.0988. The fourth-order valence-corrected chi connectivity index (χ4v) is 3.29. The number of benzene rings is 2. The van der Waals surface area contributed by atoms with Gasteiger partial charge in [0.05, 0.1) is 0 Å². The van der Waals surface area contributed by atoms with Crippen LogP contribution in [0.4, 0.5) is 5.69 Å². The van der Waals surface area contributed by atoms with Crippen LogP contribution in [0.15, 0.2) is 54.6 Å². The molecule has 2 aromatic carbocycles. The van der Waals surface area contributed by atoms with Gasteiger partial charge in [-0.1, -0.05) is 42.5 Å². The van der Waals surface area contributed by atoms with E-state index >= 15 is 0 Å². The van der Waals surface area contributed by atoms with Crippen LogP contribution in [0.3, 0.4) is 0 Å². The Morgan fingerprint density at radius 2 is 1.90 bits per heavy atom. The van der Waals surface area contributed by atoms with Gasteiger partial charge in [0.25, 0.3) is 5.91 Å². The topological polar surface area (TPSA) is 20.3 Å². The zero-order chi connectivity index (χ0) is 13.5. The molecule has 2 aromatic rings. The van der Waals surface area contributed by atoms with Crippen molar-refractivity contribution in [3.05, 3.63) is 71.3 Å². The van der Waals surface area contributed by atoms with Crippen LogP contribution in [-0.2, 0) is 0 Å². The molecular weight excluding hydrogens is 246 g/mol. The highest BCUT2D eigenvalue weighted by molar-refractivity contribution is 6.07. The number of nitrogens with zero attached hydrogens (tertiary/aromatic N) is 1. The maximum atomic E-state index is 12.7. The molecule has 1 aliphatic heterocycles. The van der Waals surface area contributed by atoms with E-state index in [0.717, 1.165) is 24.2 Å². The summed E-state index contributed by atoms with van der Waals surface area (Å²) in [6, 6.07) is 15.8. The van der Waals surface area contributed by atoms with Gasteiger partial charge in [0.15, 0.2) is 0 Å². The van der Waals surface area contributed by atoms with Gasteiger partial charge in [-0.2, -0.15) is 0 Å². The Hall–Kier alpha value is -2.35. The van der Waals surface area contributed by atoms with Crippen molar-refractivity contribution in [3.8, 4) is 0 Å². The van der Waals surface area contributed by atoms with Crippen LogP contribution in [0.25, 0.3) is 6.08 Å². The standard InChI is InChI=1S/C18H15NO/c20-18(14-6-2-1-3-7-14)19-12-15-10-4-8-13-9-5-11-16(19)17(13)15/h1-9,11,15H,10,12H2. The first-order chi connectivity index (χ1) is 9.84. The van der Waals surface area contributed by atoms with Gasteiger partial charge in [0, 0.05) is 23.7 Å².